The molecule has 1 aliphatic rings. The van der Waals surface area contributed by atoms with Crippen LogP contribution in [0.1, 0.15) is 30.6 Å². The van der Waals surface area contributed by atoms with E-state index in [4.69, 9.17) is 15.3 Å². The molecule has 0 radical (unpaired) electrons. The van der Waals surface area contributed by atoms with E-state index in [9.17, 15) is 0 Å². The Bertz CT molecular complexity index is 613. The second-order valence-corrected chi connectivity index (χ2v) is 4.88. The molecule has 21 heavy (non-hydrogen) atoms. The Balaban J connectivity index is 1.94. The Morgan fingerprint density at radius 1 is 1.33 bits per heavy atom. The molecule has 3 rings (SSSR count). The maximum absolute atomic E-state index is 5.75. The van der Waals surface area contributed by atoms with Crippen LogP contribution >= 0.6 is 0 Å². The first-order chi connectivity index (χ1) is 10.3. The SMILES string of the molecule is CCCn1nncc1C(NN)c1ccc2c(c1)OCCO2. The van der Waals surface area contributed by atoms with Gasteiger partial charge >= 0.3 is 0 Å². The lowest BCUT2D eigenvalue weighted by Crippen LogP contribution is -2.31. The number of hydrazine groups is 1. The standard InChI is InChI=1S/C14H19N5O2/c1-2-5-19-11(9-16-18-19)14(17-15)10-3-4-12-13(8-10)21-7-6-20-12/h3-4,8-9,14,17H,2,5-7,15H2,1H3. The summed E-state index contributed by atoms with van der Waals surface area (Å²) in [4.78, 5) is 0. The second-order valence-electron chi connectivity index (χ2n) is 4.88. The summed E-state index contributed by atoms with van der Waals surface area (Å²) in [7, 11) is 0. The van der Waals surface area contributed by atoms with Gasteiger partial charge in [-0.3, -0.25) is 5.84 Å². The predicted molar refractivity (Wildman–Crippen MR) is 76.9 cm³/mol. The Morgan fingerprint density at radius 3 is 2.90 bits per heavy atom. The van der Waals surface area contributed by atoms with Gasteiger partial charge in [0.1, 0.15) is 13.2 Å². The third-order valence-corrected chi connectivity index (χ3v) is 3.45. The van der Waals surface area contributed by atoms with Crippen LogP contribution in [0.3, 0.4) is 0 Å². The van der Waals surface area contributed by atoms with Crippen molar-refractivity contribution in [1.29, 1.82) is 0 Å². The van der Waals surface area contributed by atoms with E-state index in [1.807, 2.05) is 22.9 Å². The number of nitrogens with two attached hydrogens (primary N) is 1. The van der Waals surface area contributed by atoms with Gasteiger partial charge in [0.15, 0.2) is 11.5 Å². The number of benzene rings is 1. The van der Waals surface area contributed by atoms with Crippen LogP contribution in [0.15, 0.2) is 24.4 Å². The summed E-state index contributed by atoms with van der Waals surface area (Å²) in [5.74, 6) is 7.25. The molecular formula is C14H19N5O2. The van der Waals surface area contributed by atoms with E-state index in [1.54, 1.807) is 6.20 Å². The van der Waals surface area contributed by atoms with Crippen LogP contribution in [0.2, 0.25) is 0 Å². The Labute approximate surface area is 123 Å². The van der Waals surface area contributed by atoms with E-state index in [2.05, 4.69) is 22.7 Å². The molecule has 0 amide bonds. The van der Waals surface area contributed by atoms with E-state index in [0.29, 0.717) is 13.2 Å². The van der Waals surface area contributed by atoms with Gasteiger partial charge in [0.2, 0.25) is 0 Å². The summed E-state index contributed by atoms with van der Waals surface area (Å²) in [5.41, 5.74) is 4.74. The van der Waals surface area contributed by atoms with E-state index in [1.165, 1.54) is 0 Å². The molecule has 0 aliphatic carbocycles. The van der Waals surface area contributed by atoms with Gasteiger partial charge in [0, 0.05) is 6.54 Å². The Morgan fingerprint density at radius 2 is 2.14 bits per heavy atom. The summed E-state index contributed by atoms with van der Waals surface area (Å²) < 4.78 is 13.0. The summed E-state index contributed by atoms with van der Waals surface area (Å²) in [6, 6.07) is 5.63. The van der Waals surface area contributed by atoms with E-state index < -0.39 is 0 Å². The molecular weight excluding hydrogens is 270 g/mol. The summed E-state index contributed by atoms with van der Waals surface area (Å²) >= 11 is 0. The summed E-state index contributed by atoms with van der Waals surface area (Å²) in [6.45, 7) is 4.04. The normalized spacial score (nSPS) is 15.0. The Kier molecular flexibility index (Phi) is 4.03. The quantitative estimate of drug-likeness (QED) is 0.631. The highest BCUT2D eigenvalue weighted by atomic mass is 16.6. The van der Waals surface area contributed by atoms with Crippen LogP contribution in [0, 0.1) is 0 Å². The van der Waals surface area contributed by atoms with Crippen molar-refractivity contribution in [2.24, 2.45) is 5.84 Å². The highest BCUT2D eigenvalue weighted by molar-refractivity contribution is 5.45. The minimum atomic E-state index is -0.192. The van der Waals surface area contributed by atoms with E-state index >= 15 is 0 Å². The first-order valence-electron chi connectivity index (χ1n) is 7.07. The van der Waals surface area contributed by atoms with Crippen molar-refractivity contribution >= 4 is 0 Å². The monoisotopic (exact) mass is 289 g/mol. The van der Waals surface area contributed by atoms with Crippen LogP contribution < -0.4 is 20.7 Å². The number of ether oxygens (including phenoxy) is 2. The average molecular weight is 289 g/mol. The zero-order valence-corrected chi connectivity index (χ0v) is 12.0. The molecule has 0 spiro atoms. The second kappa shape index (κ2) is 6.11. The molecule has 2 aromatic rings. The van der Waals surface area contributed by atoms with Crippen LogP contribution in [0.5, 0.6) is 11.5 Å². The van der Waals surface area contributed by atoms with Crippen LogP contribution in [-0.4, -0.2) is 28.2 Å². The van der Waals surface area contributed by atoms with Crippen LogP contribution in [0.25, 0.3) is 0 Å². The molecule has 2 heterocycles. The van der Waals surface area contributed by atoms with Gasteiger partial charge < -0.3 is 9.47 Å². The largest absolute Gasteiger partial charge is 0.486 e. The molecule has 1 aliphatic heterocycles. The molecule has 0 saturated carbocycles. The molecule has 1 aromatic carbocycles. The summed E-state index contributed by atoms with van der Waals surface area (Å²) in [5, 5.41) is 8.09. The van der Waals surface area contributed by atoms with Gasteiger partial charge in [0.25, 0.3) is 0 Å². The minimum Gasteiger partial charge on any atom is -0.486 e. The Hall–Kier alpha value is -2.12. The van der Waals surface area contributed by atoms with Gasteiger partial charge in [-0.15, -0.1) is 5.10 Å². The molecule has 112 valence electrons. The predicted octanol–water partition coefficient (Wildman–Crippen LogP) is 1.01. The third kappa shape index (κ3) is 2.70. The number of hydrogen-bond acceptors (Lipinski definition) is 6. The number of aryl methyl sites for hydroxylation is 1. The van der Waals surface area contributed by atoms with Crippen molar-refractivity contribution in [2.45, 2.75) is 25.9 Å². The lowest BCUT2D eigenvalue weighted by atomic mass is 10.0. The first kappa shape index (κ1) is 13.8. The van der Waals surface area contributed by atoms with Crippen molar-refractivity contribution in [3.63, 3.8) is 0 Å². The molecule has 1 aromatic heterocycles. The van der Waals surface area contributed by atoms with Crippen molar-refractivity contribution < 1.29 is 9.47 Å². The smallest absolute Gasteiger partial charge is 0.161 e. The van der Waals surface area contributed by atoms with Crippen molar-refractivity contribution in [3.8, 4) is 11.5 Å². The fourth-order valence-electron chi connectivity index (χ4n) is 2.47. The zero-order chi connectivity index (χ0) is 14.7. The minimum absolute atomic E-state index is 0.192. The van der Waals surface area contributed by atoms with E-state index in [-0.39, 0.29) is 6.04 Å². The maximum Gasteiger partial charge on any atom is 0.161 e. The van der Waals surface area contributed by atoms with Crippen LogP contribution in [-0.2, 0) is 6.54 Å². The maximum atomic E-state index is 5.75. The van der Waals surface area contributed by atoms with Gasteiger partial charge in [-0.2, -0.15) is 0 Å². The van der Waals surface area contributed by atoms with Gasteiger partial charge in [-0.25, -0.2) is 10.1 Å². The van der Waals surface area contributed by atoms with E-state index in [0.717, 1.165) is 35.7 Å². The molecule has 1 unspecified atom stereocenters. The lowest BCUT2D eigenvalue weighted by Gasteiger charge is -2.22. The molecule has 0 fully saturated rings. The zero-order valence-electron chi connectivity index (χ0n) is 12.0. The number of fused-ring (bicyclic) bond motifs is 1. The third-order valence-electron chi connectivity index (χ3n) is 3.45. The molecule has 3 N–H and O–H groups in total. The number of aromatic nitrogens is 3. The molecule has 0 saturated heterocycles. The molecule has 7 nitrogen and oxygen atoms in total. The fraction of sp³-hybridized carbons (Fsp3) is 0.429. The molecule has 7 heteroatoms. The topological polar surface area (TPSA) is 87.2 Å². The van der Waals surface area contributed by atoms with Crippen LogP contribution in [0.4, 0.5) is 0 Å². The lowest BCUT2D eigenvalue weighted by molar-refractivity contribution is 0.171. The van der Waals surface area contributed by atoms with Gasteiger partial charge in [-0.05, 0) is 24.1 Å². The van der Waals surface area contributed by atoms with Gasteiger partial charge in [-0.1, -0.05) is 18.2 Å². The van der Waals surface area contributed by atoms with Crippen molar-refractivity contribution in [3.05, 3.63) is 35.7 Å². The molecule has 1 atom stereocenters. The highest BCUT2D eigenvalue weighted by Gasteiger charge is 2.20. The first-order valence-corrected chi connectivity index (χ1v) is 7.07. The number of nitrogens with one attached hydrogen (secondary N) is 1. The highest BCUT2D eigenvalue weighted by Crippen LogP contribution is 2.33. The van der Waals surface area contributed by atoms with Crippen molar-refractivity contribution in [2.75, 3.05) is 13.2 Å². The van der Waals surface area contributed by atoms with Crippen molar-refractivity contribution in [1.82, 2.24) is 20.4 Å². The number of nitrogens with zero attached hydrogens (tertiary/aromatic N) is 3. The number of hydrogen-bond donors (Lipinski definition) is 2. The van der Waals surface area contributed by atoms with Gasteiger partial charge in [0.05, 0.1) is 17.9 Å². The fourth-order valence-corrected chi connectivity index (χ4v) is 2.47. The molecule has 0 bridgehead atoms. The summed E-state index contributed by atoms with van der Waals surface area (Å²) in [6.07, 6.45) is 2.71. The average Bonchev–Trinajstić information content (AvgIpc) is 2.97. The number of rotatable bonds is 5.